The fraction of sp³-hybridized carbons (Fsp3) is 0.467. The average molecular weight is 256 g/mol. The Bertz CT molecular complexity index is 596. The number of benzene rings is 1. The lowest BCUT2D eigenvalue weighted by Gasteiger charge is -2.37. The van der Waals surface area contributed by atoms with Crippen molar-refractivity contribution in [2.45, 2.75) is 32.7 Å². The van der Waals surface area contributed by atoms with E-state index >= 15 is 0 Å². The SMILES string of the molecule is CC1CCN(c2ncnc3ccc(N)cc23)C(C)C1. The van der Waals surface area contributed by atoms with Crippen molar-refractivity contribution in [3.8, 4) is 0 Å². The van der Waals surface area contributed by atoms with Crippen LogP contribution in [0.2, 0.25) is 0 Å². The first kappa shape index (κ1) is 12.2. The Morgan fingerprint density at radius 3 is 2.89 bits per heavy atom. The van der Waals surface area contributed by atoms with Crippen LogP contribution in [0, 0.1) is 5.92 Å². The normalized spacial score (nSPS) is 23.8. The van der Waals surface area contributed by atoms with Crippen molar-refractivity contribution in [1.82, 2.24) is 9.97 Å². The van der Waals surface area contributed by atoms with Crippen LogP contribution in [-0.4, -0.2) is 22.6 Å². The first-order chi connectivity index (χ1) is 9.15. The molecule has 1 aromatic heterocycles. The van der Waals surface area contributed by atoms with Gasteiger partial charge in [0.15, 0.2) is 0 Å². The van der Waals surface area contributed by atoms with Crippen molar-refractivity contribution in [2.24, 2.45) is 5.92 Å². The lowest BCUT2D eigenvalue weighted by atomic mass is 9.93. The van der Waals surface area contributed by atoms with Crippen LogP contribution in [0.1, 0.15) is 26.7 Å². The molecule has 2 aromatic rings. The molecule has 1 aliphatic heterocycles. The Morgan fingerprint density at radius 2 is 2.11 bits per heavy atom. The highest BCUT2D eigenvalue weighted by molar-refractivity contribution is 5.91. The van der Waals surface area contributed by atoms with Crippen LogP contribution < -0.4 is 10.6 Å². The molecule has 2 atom stereocenters. The third-order valence-corrected chi connectivity index (χ3v) is 4.05. The molecule has 0 saturated carbocycles. The fourth-order valence-corrected chi connectivity index (χ4v) is 3.01. The van der Waals surface area contributed by atoms with Gasteiger partial charge in [-0.1, -0.05) is 6.92 Å². The molecule has 100 valence electrons. The predicted molar refractivity (Wildman–Crippen MR) is 79.2 cm³/mol. The summed E-state index contributed by atoms with van der Waals surface area (Å²) in [5, 5.41) is 1.06. The number of fused-ring (bicyclic) bond motifs is 1. The minimum absolute atomic E-state index is 0.517. The molecule has 1 aromatic carbocycles. The van der Waals surface area contributed by atoms with E-state index in [0.717, 1.165) is 34.9 Å². The molecule has 4 heteroatoms. The summed E-state index contributed by atoms with van der Waals surface area (Å²) in [6, 6.07) is 6.35. The minimum atomic E-state index is 0.517. The van der Waals surface area contributed by atoms with Gasteiger partial charge in [0.1, 0.15) is 12.1 Å². The first-order valence-electron chi connectivity index (χ1n) is 6.92. The second kappa shape index (κ2) is 4.68. The summed E-state index contributed by atoms with van der Waals surface area (Å²) in [4.78, 5) is 11.2. The van der Waals surface area contributed by atoms with E-state index in [1.165, 1.54) is 12.8 Å². The maximum atomic E-state index is 5.90. The number of nitrogens with zero attached hydrogens (tertiary/aromatic N) is 3. The molecule has 2 unspecified atom stereocenters. The Kier molecular flexibility index (Phi) is 3.01. The highest BCUT2D eigenvalue weighted by atomic mass is 15.2. The number of anilines is 2. The van der Waals surface area contributed by atoms with Gasteiger partial charge in [-0.05, 0) is 43.9 Å². The van der Waals surface area contributed by atoms with Gasteiger partial charge < -0.3 is 10.6 Å². The molecule has 0 aliphatic carbocycles. The monoisotopic (exact) mass is 256 g/mol. The van der Waals surface area contributed by atoms with E-state index in [0.29, 0.717) is 6.04 Å². The van der Waals surface area contributed by atoms with Crippen molar-refractivity contribution in [2.75, 3.05) is 17.2 Å². The molecule has 0 radical (unpaired) electrons. The Hall–Kier alpha value is -1.84. The van der Waals surface area contributed by atoms with Crippen LogP contribution in [0.15, 0.2) is 24.5 Å². The van der Waals surface area contributed by atoms with Crippen LogP contribution in [0.5, 0.6) is 0 Å². The molecule has 2 heterocycles. The van der Waals surface area contributed by atoms with Gasteiger partial charge in [0.25, 0.3) is 0 Å². The average Bonchev–Trinajstić information content (AvgIpc) is 2.38. The summed E-state index contributed by atoms with van der Waals surface area (Å²) in [5.74, 6) is 1.82. The summed E-state index contributed by atoms with van der Waals surface area (Å²) in [5.41, 5.74) is 7.63. The fourth-order valence-electron chi connectivity index (χ4n) is 3.01. The van der Waals surface area contributed by atoms with Crippen LogP contribution in [0.3, 0.4) is 0 Å². The largest absolute Gasteiger partial charge is 0.399 e. The zero-order valence-electron chi connectivity index (χ0n) is 11.5. The number of nitrogens with two attached hydrogens (primary N) is 1. The smallest absolute Gasteiger partial charge is 0.140 e. The quantitative estimate of drug-likeness (QED) is 0.797. The molecule has 0 spiro atoms. The summed E-state index contributed by atoms with van der Waals surface area (Å²) >= 11 is 0. The van der Waals surface area contributed by atoms with Crippen LogP contribution in [0.4, 0.5) is 11.5 Å². The van der Waals surface area contributed by atoms with Crippen molar-refractivity contribution in [1.29, 1.82) is 0 Å². The van der Waals surface area contributed by atoms with E-state index < -0.39 is 0 Å². The molecule has 0 bridgehead atoms. The minimum Gasteiger partial charge on any atom is -0.399 e. The zero-order valence-corrected chi connectivity index (χ0v) is 11.5. The third kappa shape index (κ3) is 2.23. The van der Waals surface area contributed by atoms with Crippen molar-refractivity contribution in [3.05, 3.63) is 24.5 Å². The summed E-state index contributed by atoms with van der Waals surface area (Å²) in [6.45, 7) is 5.66. The van der Waals surface area contributed by atoms with Crippen LogP contribution in [-0.2, 0) is 0 Å². The van der Waals surface area contributed by atoms with E-state index in [2.05, 4.69) is 28.7 Å². The lowest BCUT2D eigenvalue weighted by Crippen LogP contribution is -2.40. The Morgan fingerprint density at radius 1 is 1.26 bits per heavy atom. The topological polar surface area (TPSA) is 55.0 Å². The van der Waals surface area contributed by atoms with Crippen molar-refractivity contribution >= 4 is 22.4 Å². The van der Waals surface area contributed by atoms with Gasteiger partial charge in [-0.15, -0.1) is 0 Å². The molecular weight excluding hydrogens is 236 g/mol. The molecule has 1 saturated heterocycles. The maximum Gasteiger partial charge on any atom is 0.140 e. The van der Waals surface area contributed by atoms with Gasteiger partial charge in [0.2, 0.25) is 0 Å². The van der Waals surface area contributed by atoms with Gasteiger partial charge >= 0.3 is 0 Å². The molecule has 1 fully saturated rings. The van der Waals surface area contributed by atoms with Gasteiger partial charge in [0.05, 0.1) is 5.52 Å². The van der Waals surface area contributed by atoms with E-state index in [1.807, 2.05) is 18.2 Å². The molecule has 3 rings (SSSR count). The second-order valence-corrected chi connectivity index (χ2v) is 5.65. The first-order valence-corrected chi connectivity index (χ1v) is 6.92. The molecule has 19 heavy (non-hydrogen) atoms. The van der Waals surface area contributed by atoms with E-state index in [4.69, 9.17) is 5.73 Å². The number of piperidine rings is 1. The Labute approximate surface area is 113 Å². The zero-order chi connectivity index (χ0) is 13.4. The van der Waals surface area contributed by atoms with Crippen LogP contribution in [0.25, 0.3) is 10.9 Å². The number of hydrogen-bond donors (Lipinski definition) is 1. The molecular formula is C15H20N4. The van der Waals surface area contributed by atoms with Gasteiger partial charge in [-0.2, -0.15) is 0 Å². The van der Waals surface area contributed by atoms with Crippen molar-refractivity contribution < 1.29 is 0 Å². The molecule has 4 nitrogen and oxygen atoms in total. The van der Waals surface area contributed by atoms with E-state index in [1.54, 1.807) is 6.33 Å². The summed E-state index contributed by atoms with van der Waals surface area (Å²) in [7, 11) is 0. The molecule has 1 aliphatic rings. The van der Waals surface area contributed by atoms with Gasteiger partial charge in [-0.3, -0.25) is 0 Å². The molecule has 2 N–H and O–H groups in total. The van der Waals surface area contributed by atoms with Crippen LogP contribution >= 0.6 is 0 Å². The highest BCUT2D eigenvalue weighted by Crippen LogP contribution is 2.31. The number of rotatable bonds is 1. The number of hydrogen-bond acceptors (Lipinski definition) is 4. The summed E-state index contributed by atoms with van der Waals surface area (Å²) < 4.78 is 0. The maximum absolute atomic E-state index is 5.90. The second-order valence-electron chi connectivity index (χ2n) is 5.65. The summed E-state index contributed by atoms with van der Waals surface area (Å²) in [6.07, 6.45) is 4.09. The standard InChI is InChI=1S/C15H20N4/c1-10-5-6-19(11(2)7-10)15-13-8-12(16)3-4-14(13)17-9-18-15/h3-4,8-11H,5-7,16H2,1-2H3. The Balaban J connectivity index is 2.07. The van der Waals surface area contributed by atoms with Crippen molar-refractivity contribution in [3.63, 3.8) is 0 Å². The lowest BCUT2D eigenvalue weighted by molar-refractivity contribution is 0.376. The third-order valence-electron chi connectivity index (χ3n) is 4.05. The number of aromatic nitrogens is 2. The van der Waals surface area contributed by atoms with Gasteiger partial charge in [0, 0.05) is 23.7 Å². The van der Waals surface area contributed by atoms with E-state index in [9.17, 15) is 0 Å². The van der Waals surface area contributed by atoms with Gasteiger partial charge in [-0.25, -0.2) is 9.97 Å². The number of nitrogen functional groups attached to an aromatic ring is 1. The predicted octanol–water partition coefficient (Wildman–Crippen LogP) is 2.84. The highest BCUT2D eigenvalue weighted by Gasteiger charge is 2.25. The molecule has 0 amide bonds. The van der Waals surface area contributed by atoms with E-state index in [-0.39, 0.29) is 0 Å².